The number of hydrogen-bond donors (Lipinski definition) is 2. The van der Waals surface area contributed by atoms with Crippen LogP contribution < -0.4 is 0 Å². The van der Waals surface area contributed by atoms with Crippen LogP contribution in [0.25, 0.3) is 0 Å². The molecule has 10 heteroatoms. The summed E-state index contributed by atoms with van der Waals surface area (Å²) >= 11 is 0. The second kappa shape index (κ2) is 5.57. The van der Waals surface area contributed by atoms with E-state index in [-0.39, 0.29) is 41.4 Å². The second-order valence-corrected chi connectivity index (χ2v) is 5.65. The topological polar surface area (TPSA) is 126 Å². The minimum absolute atomic E-state index is 0. The van der Waals surface area contributed by atoms with Gasteiger partial charge in [-0.05, 0) is 18.2 Å². The molecule has 0 atom stereocenters. The van der Waals surface area contributed by atoms with Crippen molar-refractivity contribution in [2.75, 3.05) is 0 Å². The minimum atomic E-state index is -4.65. The van der Waals surface area contributed by atoms with Gasteiger partial charge in [0.15, 0.2) is 0 Å². The van der Waals surface area contributed by atoms with E-state index in [1.165, 1.54) is 0 Å². The van der Waals surface area contributed by atoms with E-state index >= 15 is 0 Å². The molecule has 0 aromatic heterocycles. The summed E-state index contributed by atoms with van der Waals surface area (Å²) in [5, 5.41) is 0. The fourth-order valence-corrected chi connectivity index (χ4v) is 2.16. The van der Waals surface area contributed by atoms with Gasteiger partial charge in [-0.15, -0.1) is 0 Å². The average molecular weight is 290 g/mol. The number of carbonyl (C=O) groups is 1. The van der Waals surface area contributed by atoms with Crippen LogP contribution in [0.4, 0.5) is 0 Å². The van der Waals surface area contributed by atoms with Crippen LogP contribution in [0.5, 0.6) is 0 Å². The quantitative estimate of drug-likeness (QED) is 0.430. The van der Waals surface area contributed by atoms with Crippen molar-refractivity contribution in [3.05, 3.63) is 23.8 Å². The number of aldehydes is 1. The van der Waals surface area contributed by atoms with E-state index < -0.39 is 30.0 Å². The van der Waals surface area contributed by atoms with Gasteiger partial charge in [0, 0.05) is 5.56 Å². The van der Waals surface area contributed by atoms with Gasteiger partial charge >= 0.3 is 29.6 Å². The monoisotopic (exact) mass is 290 g/mol. The Morgan fingerprint density at radius 1 is 0.882 bits per heavy atom. The van der Waals surface area contributed by atoms with Gasteiger partial charge in [-0.3, -0.25) is 13.9 Å². The van der Waals surface area contributed by atoms with Gasteiger partial charge in [-0.2, -0.15) is 16.8 Å². The Bertz CT molecular complexity index is 582. The molecular weight excluding hydrogens is 283 g/mol. The maximum atomic E-state index is 10.7. The molecule has 2 N–H and O–H groups in total. The predicted molar refractivity (Wildman–Crippen MR) is 58.6 cm³/mol. The van der Waals surface area contributed by atoms with E-state index in [0.29, 0.717) is 6.07 Å². The van der Waals surface area contributed by atoms with Crippen LogP contribution in [-0.2, 0) is 20.2 Å². The third kappa shape index (κ3) is 4.47. The van der Waals surface area contributed by atoms with E-state index in [4.69, 9.17) is 9.11 Å². The standard InChI is InChI=1S/C7H6O7S2.Na.H/c8-4-5-1-6(15(9,10)11)3-7(2-5)16(12,13)14;;/h1-4H,(H,9,10,11)(H,12,13,14);;. The summed E-state index contributed by atoms with van der Waals surface area (Å²) in [7, 11) is -9.31. The van der Waals surface area contributed by atoms with E-state index in [1.54, 1.807) is 0 Å². The number of rotatable bonds is 3. The van der Waals surface area contributed by atoms with Crippen LogP contribution in [0, 0.1) is 0 Å². The molecule has 0 bridgehead atoms. The zero-order valence-electron chi connectivity index (χ0n) is 7.56. The summed E-state index contributed by atoms with van der Waals surface area (Å²) in [6, 6.07) is 2.09. The molecule has 0 heterocycles. The third-order valence-electron chi connectivity index (χ3n) is 1.63. The van der Waals surface area contributed by atoms with E-state index in [0.717, 1.165) is 12.1 Å². The SMILES string of the molecule is O=Cc1cc(S(=O)(=O)O)cc(S(=O)(=O)O)c1.[NaH]. The van der Waals surface area contributed by atoms with Crippen molar-refractivity contribution in [2.24, 2.45) is 0 Å². The molecule has 0 spiro atoms. The van der Waals surface area contributed by atoms with Crippen molar-refractivity contribution in [2.45, 2.75) is 9.79 Å². The van der Waals surface area contributed by atoms with Gasteiger partial charge in [0.25, 0.3) is 20.2 Å². The molecule has 1 aromatic rings. The summed E-state index contributed by atoms with van der Waals surface area (Å²) in [6.45, 7) is 0. The molecule has 0 aliphatic carbocycles. The molecule has 0 amide bonds. The summed E-state index contributed by atoms with van der Waals surface area (Å²) in [6.07, 6.45) is 0.184. The maximum absolute atomic E-state index is 10.7. The molecule has 90 valence electrons. The second-order valence-electron chi connectivity index (χ2n) is 2.81. The zero-order valence-corrected chi connectivity index (χ0v) is 9.19. The fraction of sp³-hybridized carbons (Fsp3) is 0. The van der Waals surface area contributed by atoms with Crippen LogP contribution in [-0.4, -0.2) is 61.8 Å². The van der Waals surface area contributed by atoms with E-state index in [9.17, 15) is 21.6 Å². The Morgan fingerprint density at radius 2 is 1.24 bits per heavy atom. The van der Waals surface area contributed by atoms with Gasteiger partial charge in [-0.1, -0.05) is 0 Å². The molecule has 0 unspecified atom stereocenters. The summed E-state index contributed by atoms with van der Waals surface area (Å²) < 4.78 is 60.3. The molecule has 1 aromatic carbocycles. The Morgan fingerprint density at radius 3 is 1.47 bits per heavy atom. The normalized spacial score (nSPS) is 11.6. The molecule has 17 heavy (non-hydrogen) atoms. The van der Waals surface area contributed by atoms with Crippen molar-refractivity contribution in [1.82, 2.24) is 0 Å². The molecule has 0 fully saturated rings. The van der Waals surface area contributed by atoms with Crippen molar-refractivity contribution >= 4 is 56.1 Å². The van der Waals surface area contributed by atoms with Crippen molar-refractivity contribution in [1.29, 1.82) is 0 Å². The number of benzene rings is 1. The van der Waals surface area contributed by atoms with Crippen LogP contribution in [0.15, 0.2) is 28.0 Å². The first-order chi connectivity index (χ1) is 7.14. The summed E-state index contributed by atoms with van der Waals surface area (Å²) in [5.74, 6) is 0. The fourth-order valence-electron chi connectivity index (χ4n) is 0.960. The predicted octanol–water partition coefficient (Wildman–Crippen LogP) is -0.656. The molecule has 7 nitrogen and oxygen atoms in total. The van der Waals surface area contributed by atoms with Gasteiger partial charge in [-0.25, -0.2) is 0 Å². The number of carbonyl (C=O) groups excluding carboxylic acids is 1. The van der Waals surface area contributed by atoms with Crippen LogP contribution in [0.2, 0.25) is 0 Å². The van der Waals surface area contributed by atoms with Gasteiger partial charge in [0.2, 0.25) is 0 Å². The molecule has 1 rings (SSSR count). The van der Waals surface area contributed by atoms with Gasteiger partial charge in [0.1, 0.15) is 6.29 Å². The zero-order chi connectivity index (χ0) is 12.6. The van der Waals surface area contributed by atoms with Crippen molar-refractivity contribution < 1.29 is 30.7 Å². The Labute approximate surface area is 120 Å². The molecule has 0 radical (unpaired) electrons. The van der Waals surface area contributed by atoms with E-state index in [2.05, 4.69) is 0 Å². The Balaban J connectivity index is 0.00000256. The first-order valence-corrected chi connectivity index (χ1v) is 6.58. The van der Waals surface area contributed by atoms with Crippen LogP contribution in [0.1, 0.15) is 10.4 Å². The molecule has 0 saturated carbocycles. The molecular formula is C7H7NaO7S2. The first kappa shape index (κ1) is 16.7. The van der Waals surface area contributed by atoms with Crippen molar-refractivity contribution in [3.63, 3.8) is 0 Å². The number of hydrogen-bond acceptors (Lipinski definition) is 5. The third-order valence-corrected chi connectivity index (χ3v) is 3.30. The van der Waals surface area contributed by atoms with Crippen molar-refractivity contribution in [3.8, 4) is 0 Å². The van der Waals surface area contributed by atoms with Crippen LogP contribution >= 0.6 is 0 Å². The van der Waals surface area contributed by atoms with Crippen LogP contribution in [0.3, 0.4) is 0 Å². The summed E-state index contributed by atoms with van der Waals surface area (Å²) in [5.41, 5.74) is -0.303. The Hall–Kier alpha value is -0.290. The van der Waals surface area contributed by atoms with Gasteiger partial charge < -0.3 is 0 Å². The average Bonchev–Trinajstić information content (AvgIpc) is 2.14. The molecule has 0 aliphatic heterocycles. The molecule has 0 aliphatic rings. The van der Waals surface area contributed by atoms with Gasteiger partial charge in [0.05, 0.1) is 9.79 Å². The summed E-state index contributed by atoms with van der Waals surface area (Å²) in [4.78, 5) is 8.84. The Kier molecular flexibility index (Phi) is 5.47. The van der Waals surface area contributed by atoms with E-state index in [1.807, 2.05) is 0 Å². The first-order valence-electron chi connectivity index (χ1n) is 3.70. The molecule has 0 saturated heterocycles.